The molecule has 0 bridgehead atoms. The first kappa shape index (κ1) is 16.5. The number of anilines is 1. The zero-order valence-electron chi connectivity index (χ0n) is 13.0. The molecule has 20 heavy (non-hydrogen) atoms. The van der Waals surface area contributed by atoms with Gasteiger partial charge in [0.25, 0.3) is 0 Å². The van der Waals surface area contributed by atoms with Gasteiger partial charge in [-0.2, -0.15) is 0 Å². The fourth-order valence-corrected chi connectivity index (χ4v) is 2.14. The highest BCUT2D eigenvalue weighted by Crippen LogP contribution is 2.16. The number of carbonyl (C=O) groups is 1. The summed E-state index contributed by atoms with van der Waals surface area (Å²) in [7, 11) is 1.94. The van der Waals surface area contributed by atoms with E-state index in [0.717, 1.165) is 24.1 Å². The van der Waals surface area contributed by atoms with Crippen molar-refractivity contribution in [2.24, 2.45) is 5.73 Å². The van der Waals surface area contributed by atoms with E-state index in [2.05, 4.69) is 12.2 Å². The van der Waals surface area contributed by atoms with E-state index < -0.39 is 0 Å². The van der Waals surface area contributed by atoms with Gasteiger partial charge in [0.1, 0.15) is 6.04 Å². The van der Waals surface area contributed by atoms with Gasteiger partial charge in [-0.1, -0.05) is 25.5 Å². The smallest absolute Gasteiger partial charge is 0.242 e. The van der Waals surface area contributed by atoms with Crippen LogP contribution in [0.15, 0.2) is 24.3 Å². The molecular weight excluding hydrogens is 250 g/mol. The number of benzene rings is 1. The molecule has 3 N–H and O–H groups in total. The maximum atomic E-state index is 12.2. The minimum absolute atomic E-state index is 0.0661. The molecule has 0 fully saturated rings. The maximum absolute atomic E-state index is 12.2. The third kappa shape index (κ3) is 4.53. The summed E-state index contributed by atoms with van der Waals surface area (Å²) in [5.41, 5.74) is 7.70. The van der Waals surface area contributed by atoms with E-state index in [1.807, 2.05) is 50.1 Å². The second kappa shape index (κ2) is 7.90. The summed E-state index contributed by atoms with van der Waals surface area (Å²) in [4.78, 5) is 14.2. The average Bonchev–Trinajstić information content (AvgIpc) is 2.46. The molecule has 4 nitrogen and oxygen atoms in total. The van der Waals surface area contributed by atoms with E-state index in [0.29, 0.717) is 6.54 Å². The summed E-state index contributed by atoms with van der Waals surface area (Å²) < 4.78 is 0. The number of carbonyl (C=O) groups excluding carboxylic acids is 1. The maximum Gasteiger partial charge on any atom is 0.242 e. The van der Waals surface area contributed by atoms with Crippen molar-refractivity contribution >= 4 is 11.6 Å². The molecule has 2 unspecified atom stereocenters. The van der Waals surface area contributed by atoms with E-state index in [1.54, 1.807) is 0 Å². The van der Waals surface area contributed by atoms with Gasteiger partial charge in [0.15, 0.2) is 0 Å². The largest absolute Gasteiger partial charge is 0.363 e. The normalized spacial score (nSPS) is 13.7. The van der Waals surface area contributed by atoms with E-state index >= 15 is 0 Å². The predicted molar refractivity (Wildman–Crippen MR) is 84.7 cm³/mol. The van der Waals surface area contributed by atoms with Crippen LogP contribution < -0.4 is 16.0 Å². The van der Waals surface area contributed by atoms with Crippen LogP contribution in [-0.2, 0) is 11.3 Å². The molecule has 0 heterocycles. The lowest BCUT2D eigenvalue weighted by Crippen LogP contribution is -2.46. The van der Waals surface area contributed by atoms with Crippen LogP contribution in [0.2, 0.25) is 0 Å². The second-order valence-electron chi connectivity index (χ2n) is 5.36. The molecule has 0 aliphatic carbocycles. The Morgan fingerprint density at radius 3 is 2.40 bits per heavy atom. The number of hydrogen-bond acceptors (Lipinski definition) is 3. The van der Waals surface area contributed by atoms with Gasteiger partial charge in [-0.25, -0.2) is 0 Å². The summed E-state index contributed by atoms with van der Waals surface area (Å²) in [6.45, 7) is 6.63. The Morgan fingerprint density at radius 2 is 1.90 bits per heavy atom. The Balaban J connectivity index is 2.64. The third-order valence-electron chi connectivity index (χ3n) is 3.65. The monoisotopic (exact) mass is 277 g/mol. The van der Waals surface area contributed by atoms with E-state index in [1.165, 1.54) is 0 Å². The lowest BCUT2D eigenvalue weighted by atomic mass is 10.1. The average molecular weight is 277 g/mol. The van der Waals surface area contributed by atoms with E-state index in [-0.39, 0.29) is 18.0 Å². The minimum atomic E-state index is -0.196. The number of hydrogen-bond donors (Lipinski definition) is 2. The summed E-state index contributed by atoms with van der Waals surface area (Å²) in [5.74, 6) is 0.0661. The van der Waals surface area contributed by atoms with Crippen molar-refractivity contribution in [3.8, 4) is 0 Å². The molecule has 0 radical (unpaired) electrons. The number of nitrogens with zero attached hydrogens (tertiary/aromatic N) is 1. The molecule has 2 atom stereocenters. The van der Waals surface area contributed by atoms with Gasteiger partial charge in [0, 0.05) is 25.3 Å². The highest BCUT2D eigenvalue weighted by Gasteiger charge is 2.19. The van der Waals surface area contributed by atoms with Gasteiger partial charge in [0.05, 0.1) is 0 Å². The van der Waals surface area contributed by atoms with Crippen molar-refractivity contribution in [2.75, 3.05) is 11.9 Å². The molecule has 1 rings (SSSR count). The summed E-state index contributed by atoms with van der Waals surface area (Å²) in [6, 6.07) is 8.02. The molecule has 0 saturated heterocycles. The molecule has 0 aliphatic rings. The van der Waals surface area contributed by atoms with Crippen LogP contribution in [0.3, 0.4) is 0 Å². The molecule has 112 valence electrons. The quantitative estimate of drug-likeness (QED) is 0.804. The second-order valence-corrected chi connectivity index (χ2v) is 5.36. The predicted octanol–water partition coefficient (Wildman–Crippen LogP) is 2.27. The lowest BCUT2D eigenvalue weighted by molar-refractivity contribution is -0.122. The fourth-order valence-electron chi connectivity index (χ4n) is 2.14. The Kier molecular flexibility index (Phi) is 6.52. The molecule has 1 amide bonds. The Morgan fingerprint density at radius 1 is 1.30 bits per heavy atom. The molecule has 1 aromatic carbocycles. The fraction of sp³-hybridized carbons (Fsp3) is 0.562. The first-order valence-corrected chi connectivity index (χ1v) is 7.31. The number of likely N-dealkylation sites (N-methyl/N-ethyl adjacent to an activating group) is 1. The molecule has 0 aromatic heterocycles. The van der Waals surface area contributed by atoms with Crippen LogP contribution in [0.4, 0.5) is 5.69 Å². The van der Waals surface area contributed by atoms with Crippen molar-refractivity contribution in [3.63, 3.8) is 0 Å². The first-order valence-electron chi connectivity index (χ1n) is 7.31. The third-order valence-corrected chi connectivity index (χ3v) is 3.65. The van der Waals surface area contributed by atoms with Crippen molar-refractivity contribution in [1.82, 2.24) is 5.32 Å². The van der Waals surface area contributed by atoms with E-state index in [4.69, 9.17) is 5.73 Å². The number of nitrogens with one attached hydrogen (secondary N) is 1. The van der Waals surface area contributed by atoms with Crippen LogP contribution >= 0.6 is 0 Å². The van der Waals surface area contributed by atoms with Crippen LogP contribution in [-0.4, -0.2) is 25.0 Å². The van der Waals surface area contributed by atoms with Crippen LogP contribution in [0.5, 0.6) is 0 Å². The zero-order chi connectivity index (χ0) is 15.1. The van der Waals surface area contributed by atoms with Crippen molar-refractivity contribution in [1.29, 1.82) is 0 Å². The topological polar surface area (TPSA) is 58.4 Å². The molecule has 1 aromatic rings. The lowest BCUT2D eigenvalue weighted by Gasteiger charge is -2.27. The zero-order valence-corrected chi connectivity index (χ0v) is 13.0. The Bertz CT molecular complexity index is 416. The highest BCUT2D eigenvalue weighted by molar-refractivity contribution is 5.84. The van der Waals surface area contributed by atoms with Gasteiger partial charge in [0.2, 0.25) is 5.91 Å². The van der Waals surface area contributed by atoms with E-state index in [9.17, 15) is 4.79 Å². The molecule has 0 aliphatic heterocycles. The minimum Gasteiger partial charge on any atom is -0.363 e. The van der Waals surface area contributed by atoms with Gasteiger partial charge < -0.3 is 16.0 Å². The standard InChI is InChI=1S/C16H27N3O/c1-5-6-12(2)18-16(20)13(3)19(4)15-9-7-14(11-17)8-10-15/h7-10,12-13H,5-6,11,17H2,1-4H3,(H,18,20). The van der Waals surface area contributed by atoms with Crippen LogP contribution in [0.25, 0.3) is 0 Å². The first-order chi connectivity index (χ1) is 9.49. The highest BCUT2D eigenvalue weighted by atomic mass is 16.2. The van der Waals surface area contributed by atoms with Gasteiger partial charge >= 0.3 is 0 Å². The number of amides is 1. The van der Waals surface area contributed by atoms with Gasteiger partial charge in [-0.05, 0) is 38.0 Å². The van der Waals surface area contributed by atoms with Gasteiger partial charge in [-0.15, -0.1) is 0 Å². The molecule has 0 spiro atoms. The van der Waals surface area contributed by atoms with Crippen molar-refractivity contribution in [2.45, 2.75) is 52.2 Å². The van der Waals surface area contributed by atoms with Crippen LogP contribution in [0.1, 0.15) is 39.2 Å². The SMILES string of the molecule is CCCC(C)NC(=O)C(C)N(C)c1ccc(CN)cc1. The van der Waals surface area contributed by atoms with Gasteiger partial charge in [-0.3, -0.25) is 4.79 Å². The summed E-state index contributed by atoms with van der Waals surface area (Å²) >= 11 is 0. The molecule has 0 saturated carbocycles. The molecule has 4 heteroatoms. The van der Waals surface area contributed by atoms with Crippen molar-refractivity contribution in [3.05, 3.63) is 29.8 Å². The Labute approximate surface area is 122 Å². The number of rotatable bonds is 7. The van der Waals surface area contributed by atoms with Crippen LogP contribution in [0, 0.1) is 0 Å². The Hall–Kier alpha value is -1.55. The number of nitrogens with two attached hydrogens (primary N) is 1. The molecular formula is C16H27N3O. The summed E-state index contributed by atoms with van der Waals surface area (Å²) in [5, 5.41) is 3.05. The summed E-state index contributed by atoms with van der Waals surface area (Å²) in [6.07, 6.45) is 2.08. The van der Waals surface area contributed by atoms with Crippen molar-refractivity contribution < 1.29 is 4.79 Å².